The van der Waals surface area contributed by atoms with E-state index in [1.165, 1.54) is 0 Å². The standard InChI is InChI=1S/C19H28N2O3/c1-15-4-3-5-17(14-15)20-18(22)7-6-16-8-11-21(12-9-16)19(23)10-13-24-2/h3-5,14,16H,6-13H2,1-2H3,(H,20,22). The normalized spacial score (nSPS) is 15.3. The number of nitrogens with one attached hydrogen (secondary N) is 1. The van der Waals surface area contributed by atoms with Crippen molar-refractivity contribution in [2.45, 2.75) is 39.0 Å². The van der Waals surface area contributed by atoms with Crippen molar-refractivity contribution in [3.05, 3.63) is 29.8 Å². The van der Waals surface area contributed by atoms with Crippen LogP contribution >= 0.6 is 0 Å². The molecular formula is C19H28N2O3. The third kappa shape index (κ3) is 5.96. The van der Waals surface area contributed by atoms with E-state index in [-0.39, 0.29) is 11.8 Å². The number of likely N-dealkylation sites (tertiary alicyclic amines) is 1. The Bertz CT molecular complexity index is 551. The topological polar surface area (TPSA) is 58.6 Å². The summed E-state index contributed by atoms with van der Waals surface area (Å²) in [6, 6.07) is 7.84. The van der Waals surface area contributed by atoms with Crippen molar-refractivity contribution >= 4 is 17.5 Å². The number of amides is 2. The summed E-state index contributed by atoms with van der Waals surface area (Å²) in [5.74, 6) is 0.770. The fraction of sp³-hybridized carbons (Fsp3) is 0.579. The van der Waals surface area contributed by atoms with E-state index < -0.39 is 0 Å². The average Bonchev–Trinajstić information content (AvgIpc) is 2.58. The largest absolute Gasteiger partial charge is 0.384 e. The van der Waals surface area contributed by atoms with E-state index in [1.54, 1.807) is 7.11 Å². The van der Waals surface area contributed by atoms with Crippen LogP contribution in [0.1, 0.15) is 37.7 Å². The molecule has 0 atom stereocenters. The van der Waals surface area contributed by atoms with Crippen molar-refractivity contribution < 1.29 is 14.3 Å². The highest BCUT2D eigenvalue weighted by atomic mass is 16.5. The molecule has 0 spiro atoms. The summed E-state index contributed by atoms with van der Waals surface area (Å²) >= 11 is 0. The van der Waals surface area contributed by atoms with Gasteiger partial charge in [0.15, 0.2) is 0 Å². The molecule has 1 aliphatic heterocycles. The number of methoxy groups -OCH3 is 1. The SMILES string of the molecule is COCCC(=O)N1CCC(CCC(=O)Nc2cccc(C)c2)CC1. The summed E-state index contributed by atoms with van der Waals surface area (Å²) in [5, 5.41) is 2.96. The first-order valence-electron chi connectivity index (χ1n) is 8.71. The second kappa shape index (κ2) is 9.42. The first-order valence-corrected chi connectivity index (χ1v) is 8.71. The van der Waals surface area contributed by atoms with Gasteiger partial charge >= 0.3 is 0 Å². The van der Waals surface area contributed by atoms with Crippen molar-refractivity contribution in [3.63, 3.8) is 0 Å². The first kappa shape index (κ1) is 18.5. The molecule has 1 fully saturated rings. The Morgan fingerprint density at radius 3 is 2.67 bits per heavy atom. The van der Waals surface area contributed by atoms with Crippen LogP contribution in [-0.4, -0.2) is 43.5 Å². The monoisotopic (exact) mass is 332 g/mol. The molecule has 2 rings (SSSR count). The fourth-order valence-corrected chi connectivity index (χ4v) is 3.10. The number of anilines is 1. The van der Waals surface area contributed by atoms with Gasteiger partial charge in [0.05, 0.1) is 13.0 Å². The fourth-order valence-electron chi connectivity index (χ4n) is 3.10. The van der Waals surface area contributed by atoms with Gasteiger partial charge in [-0.15, -0.1) is 0 Å². The Balaban J connectivity index is 1.67. The zero-order chi connectivity index (χ0) is 17.4. The van der Waals surface area contributed by atoms with Crippen LogP contribution in [0.5, 0.6) is 0 Å². The lowest BCUT2D eigenvalue weighted by Gasteiger charge is -2.32. The van der Waals surface area contributed by atoms with Crippen LogP contribution in [-0.2, 0) is 14.3 Å². The highest BCUT2D eigenvalue weighted by Crippen LogP contribution is 2.22. The molecule has 0 aromatic heterocycles. The van der Waals surface area contributed by atoms with Crippen LogP contribution < -0.4 is 5.32 Å². The number of hydrogen-bond acceptors (Lipinski definition) is 3. The Kier molecular flexibility index (Phi) is 7.25. The molecule has 0 radical (unpaired) electrons. The van der Waals surface area contributed by atoms with Gasteiger partial charge in [-0.25, -0.2) is 0 Å². The zero-order valence-electron chi connectivity index (χ0n) is 14.7. The van der Waals surface area contributed by atoms with Gasteiger partial charge in [-0.05, 0) is 49.8 Å². The molecule has 1 N–H and O–H groups in total. The van der Waals surface area contributed by atoms with Gasteiger partial charge in [0, 0.05) is 32.3 Å². The summed E-state index contributed by atoms with van der Waals surface area (Å²) in [7, 11) is 1.61. The maximum atomic E-state index is 12.1. The number of carbonyl (C=O) groups is 2. The van der Waals surface area contributed by atoms with Crippen LogP contribution in [0.15, 0.2) is 24.3 Å². The Morgan fingerprint density at radius 2 is 2.00 bits per heavy atom. The van der Waals surface area contributed by atoms with E-state index in [0.29, 0.717) is 25.4 Å². The Morgan fingerprint density at radius 1 is 1.25 bits per heavy atom. The molecule has 5 nitrogen and oxygen atoms in total. The Hall–Kier alpha value is -1.88. The van der Waals surface area contributed by atoms with Gasteiger partial charge in [-0.1, -0.05) is 12.1 Å². The average molecular weight is 332 g/mol. The zero-order valence-corrected chi connectivity index (χ0v) is 14.7. The van der Waals surface area contributed by atoms with Crippen LogP contribution in [0.2, 0.25) is 0 Å². The van der Waals surface area contributed by atoms with E-state index in [2.05, 4.69) is 5.32 Å². The number of benzene rings is 1. The van der Waals surface area contributed by atoms with Gasteiger partial charge in [0.1, 0.15) is 0 Å². The second-order valence-corrected chi connectivity index (χ2v) is 6.52. The molecule has 0 unspecified atom stereocenters. The van der Waals surface area contributed by atoms with Crippen LogP contribution in [0.25, 0.3) is 0 Å². The lowest BCUT2D eigenvalue weighted by atomic mass is 9.92. The summed E-state index contributed by atoms with van der Waals surface area (Å²) < 4.78 is 4.95. The van der Waals surface area contributed by atoms with Gasteiger partial charge in [-0.3, -0.25) is 9.59 Å². The lowest BCUT2D eigenvalue weighted by molar-refractivity contribution is -0.133. The minimum absolute atomic E-state index is 0.0687. The molecule has 1 aromatic carbocycles. The van der Waals surface area contributed by atoms with Crippen LogP contribution in [0, 0.1) is 12.8 Å². The van der Waals surface area contributed by atoms with E-state index in [0.717, 1.165) is 43.6 Å². The van der Waals surface area contributed by atoms with E-state index in [4.69, 9.17) is 4.74 Å². The number of ether oxygens (including phenoxy) is 1. The highest BCUT2D eigenvalue weighted by Gasteiger charge is 2.22. The van der Waals surface area contributed by atoms with Gasteiger partial charge < -0.3 is 15.0 Å². The maximum Gasteiger partial charge on any atom is 0.224 e. The Labute approximate surface area is 144 Å². The molecule has 1 saturated heterocycles. The van der Waals surface area contributed by atoms with E-state index >= 15 is 0 Å². The molecule has 5 heteroatoms. The summed E-state index contributed by atoms with van der Waals surface area (Å²) in [4.78, 5) is 25.9. The van der Waals surface area contributed by atoms with Crippen molar-refractivity contribution in [3.8, 4) is 0 Å². The minimum Gasteiger partial charge on any atom is -0.384 e. The smallest absolute Gasteiger partial charge is 0.224 e. The number of piperidine rings is 1. The molecule has 0 saturated carbocycles. The van der Waals surface area contributed by atoms with E-state index in [9.17, 15) is 9.59 Å². The third-order valence-corrected chi connectivity index (χ3v) is 4.57. The van der Waals surface area contributed by atoms with Crippen LogP contribution in [0.3, 0.4) is 0 Å². The number of rotatable bonds is 7. The van der Waals surface area contributed by atoms with Gasteiger partial charge in [-0.2, -0.15) is 0 Å². The van der Waals surface area contributed by atoms with Crippen molar-refractivity contribution in [2.24, 2.45) is 5.92 Å². The highest BCUT2D eigenvalue weighted by molar-refractivity contribution is 5.90. The van der Waals surface area contributed by atoms with Gasteiger partial charge in [0.25, 0.3) is 0 Å². The quantitative estimate of drug-likeness (QED) is 0.835. The number of hydrogen-bond donors (Lipinski definition) is 1. The lowest BCUT2D eigenvalue weighted by Crippen LogP contribution is -2.39. The molecule has 1 aliphatic rings. The first-order chi connectivity index (χ1) is 11.6. The molecule has 1 heterocycles. The minimum atomic E-state index is 0.0687. The number of nitrogens with zero attached hydrogens (tertiary/aromatic N) is 1. The molecule has 24 heavy (non-hydrogen) atoms. The number of aryl methyl sites for hydroxylation is 1. The van der Waals surface area contributed by atoms with E-state index in [1.807, 2.05) is 36.1 Å². The summed E-state index contributed by atoms with van der Waals surface area (Å²) in [5.41, 5.74) is 2.00. The molecule has 1 aromatic rings. The molecular weight excluding hydrogens is 304 g/mol. The summed E-state index contributed by atoms with van der Waals surface area (Å²) in [6.45, 7) is 4.09. The van der Waals surface area contributed by atoms with Crippen molar-refractivity contribution in [2.75, 3.05) is 32.1 Å². The molecule has 132 valence electrons. The van der Waals surface area contributed by atoms with Crippen molar-refractivity contribution in [1.29, 1.82) is 0 Å². The predicted molar refractivity (Wildman–Crippen MR) is 94.8 cm³/mol. The second-order valence-electron chi connectivity index (χ2n) is 6.52. The third-order valence-electron chi connectivity index (χ3n) is 4.57. The van der Waals surface area contributed by atoms with Crippen LogP contribution in [0.4, 0.5) is 5.69 Å². The molecule has 0 aliphatic carbocycles. The molecule has 0 bridgehead atoms. The number of carbonyl (C=O) groups excluding carboxylic acids is 2. The predicted octanol–water partition coefficient (Wildman–Crippen LogP) is 2.99. The maximum absolute atomic E-state index is 12.1. The summed E-state index contributed by atoms with van der Waals surface area (Å²) in [6.07, 6.45) is 3.85. The van der Waals surface area contributed by atoms with Gasteiger partial charge in [0.2, 0.25) is 11.8 Å². The van der Waals surface area contributed by atoms with Crippen molar-refractivity contribution in [1.82, 2.24) is 4.90 Å². The molecule has 2 amide bonds.